The SMILES string of the molecule is CCn1cc(C(=O)Nc2ccc(N(C)C(C)=O)cc2)cn1. The van der Waals surface area contributed by atoms with Crippen molar-refractivity contribution < 1.29 is 9.59 Å². The molecule has 1 N–H and O–H groups in total. The molecule has 21 heavy (non-hydrogen) atoms. The van der Waals surface area contributed by atoms with Crippen LogP contribution in [0.25, 0.3) is 0 Å². The summed E-state index contributed by atoms with van der Waals surface area (Å²) in [7, 11) is 1.70. The predicted molar refractivity (Wildman–Crippen MR) is 81.4 cm³/mol. The van der Waals surface area contributed by atoms with E-state index in [1.165, 1.54) is 18.0 Å². The van der Waals surface area contributed by atoms with Crippen molar-refractivity contribution in [2.75, 3.05) is 17.3 Å². The lowest BCUT2D eigenvalue weighted by Crippen LogP contribution is -2.22. The van der Waals surface area contributed by atoms with Crippen LogP contribution in [-0.2, 0) is 11.3 Å². The molecular weight excluding hydrogens is 268 g/mol. The van der Waals surface area contributed by atoms with E-state index in [4.69, 9.17) is 0 Å². The van der Waals surface area contributed by atoms with Gasteiger partial charge in [-0.2, -0.15) is 5.10 Å². The van der Waals surface area contributed by atoms with Gasteiger partial charge in [0.1, 0.15) is 0 Å². The summed E-state index contributed by atoms with van der Waals surface area (Å²) >= 11 is 0. The molecular formula is C15H18N4O2. The molecule has 2 amide bonds. The van der Waals surface area contributed by atoms with Crippen molar-refractivity contribution in [3.63, 3.8) is 0 Å². The Labute approximate surface area is 123 Å². The van der Waals surface area contributed by atoms with Crippen LogP contribution in [-0.4, -0.2) is 28.6 Å². The van der Waals surface area contributed by atoms with E-state index in [1.54, 1.807) is 42.2 Å². The molecule has 1 heterocycles. The van der Waals surface area contributed by atoms with Crippen LogP contribution in [0.3, 0.4) is 0 Å². The summed E-state index contributed by atoms with van der Waals surface area (Å²) in [5.41, 5.74) is 1.96. The molecule has 0 aliphatic rings. The molecule has 6 heteroatoms. The molecule has 0 spiro atoms. The van der Waals surface area contributed by atoms with Gasteiger partial charge in [-0.1, -0.05) is 0 Å². The molecule has 0 radical (unpaired) electrons. The van der Waals surface area contributed by atoms with Crippen LogP contribution >= 0.6 is 0 Å². The van der Waals surface area contributed by atoms with Crippen LogP contribution in [0.2, 0.25) is 0 Å². The number of carbonyl (C=O) groups excluding carboxylic acids is 2. The van der Waals surface area contributed by atoms with Crippen LogP contribution in [0.4, 0.5) is 11.4 Å². The zero-order valence-corrected chi connectivity index (χ0v) is 12.3. The fraction of sp³-hybridized carbons (Fsp3) is 0.267. The van der Waals surface area contributed by atoms with Gasteiger partial charge in [-0.15, -0.1) is 0 Å². The van der Waals surface area contributed by atoms with Crippen LogP contribution in [0.15, 0.2) is 36.7 Å². The molecule has 1 aromatic carbocycles. The summed E-state index contributed by atoms with van der Waals surface area (Å²) in [6, 6.07) is 7.09. The normalized spacial score (nSPS) is 10.2. The van der Waals surface area contributed by atoms with Crippen molar-refractivity contribution in [3.8, 4) is 0 Å². The summed E-state index contributed by atoms with van der Waals surface area (Å²) in [6.07, 6.45) is 3.24. The van der Waals surface area contributed by atoms with E-state index in [-0.39, 0.29) is 11.8 Å². The second-order valence-corrected chi connectivity index (χ2v) is 4.66. The van der Waals surface area contributed by atoms with Gasteiger partial charge in [-0.3, -0.25) is 14.3 Å². The Bertz CT molecular complexity index is 646. The topological polar surface area (TPSA) is 67.2 Å². The first-order chi connectivity index (χ1) is 10.0. The Kier molecular flexibility index (Phi) is 4.37. The van der Waals surface area contributed by atoms with Gasteiger partial charge in [-0.05, 0) is 31.2 Å². The average Bonchev–Trinajstić information content (AvgIpc) is 2.96. The predicted octanol–water partition coefficient (Wildman–Crippen LogP) is 2.14. The second kappa shape index (κ2) is 6.21. The van der Waals surface area contributed by atoms with Crippen molar-refractivity contribution in [3.05, 3.63) is 42.2 Å². The first-order valence-electron chi connectivity index (χ1n) is 6.69. The highest BCUT2D eigenvalue weighted by Crippen LogP contribution is 2.17. The molecule has 0 bridgehead atoms. The lowest BCUT2D eigenvalue weighted by atomic mass is 10.2. The summed E-state index contributed by atoms with van der Waals surface area (Å²) in [6.45, 7) is 4.18. The quantitative estimate of drug-likeness (QED) is 0.936. The van der Waals surface area contributed by atoms with Crippen LogP contribution < -0.4 is 10.2 Å². The van der Waals surface area contributed by atoms with Crippen molar-refractivity contribution in [1.29, 1.82) is 0 Å². The maximum absolute atomic E-state index is 12.0. The third-order valence-corrected chi connectivity index (χ3v) is 3.20. The Morgan fingerprint density at radius 3 is 2.48 bits per heavy atom. The number of carbonyl (C=O) groups is 2. The molecule has 2 rings (SSSR count). The highest BCUT2D eigenvalue weighted by Gasteiger charge is 2.09. The number of amides is 2. The van der Waals surface area contributed by atoms with E-state index >= 15 is 0 Å². The van der Waals surface area contributed by atoms with Crippen LogP contribution in [0.1, 0.15) is 24.2 Å². The summed E-state index contributed by atoms with van der Waals surface area (Å²) in [4.78, 5) is 24.8. The molecule has 0 aliphatic heterocycles. The van der Waals surface area contributed by atoms with E-state index in [0.717, 1.165) is 12.2 Å². The van der Waals surface area contributed by atoms with Crippen molar-refractivity contribution in [2.45, 2.75) is 20.4 Å². The summed E-state index contributed by atoms with van der Waals surface area (Å²) in [5, 5.41) is 6.86. The maximum atomic E-state index is 12.0. The first-order valence-corrected chi connectivity index (χ1v) is 6.69. The fourth-order valence-corrected chi connectivity index (χ4v) is 1.81. The fourth-order valence-electron chi connectivity index (χ4n) is 1.81. The van der Waals surface area contributed by atoms with Crippen LogP contribution in [0, 0.1) is 0 Å². The molecule has 0 unspecified atom stereocenters. The van der Waals surface area contributed by atoms with Gasteiger partial charge in [-0.25, -0.2) is 0 Å². The van der Waals surface area contributed by atoms with E-state index in [0.29, 0.717) is 11.3 Å². The monoisotopic (exact) mass is 286 g/mol. The minimum Gasteiger partial charge on any atom is -0.322 e. The number of hydrogen-bond donors (Lipinski definition) is 1. The Morgan fingerprint density at radius 2 is 1.95 bits per heavy atom. The van der Waals surface area contributed by atoms with E-state index in [9.17, 15) is 9.59 Å². The molecule has 0 fully saturated rings. The minimum absolute atomic E-state index is 0.0428. The molecule has 0 atom stereocenters. The lowest BCUT2D eigenvalue weighted by Gasteiger charge is -2.15. The number of aryl methyl sites for hydroxylation is 1. The van der Waals surface area contributed by atoms with Crippen molar-refractivity contribution in [2.24, 2.45) is 0 Å². The number of rotatable bonds is 4. The molecule has 6 nitrogen and oxygen atoms in total. The van der Waals surface area contributed by atoms with Gasteiger partial charge in [0.2, 0.25) is 5.91 Å². The number of aromatic nitrogens is 2. The summed E-state index contributed by atoms with van der Waals surface area (Å²) in [5.74, 6) is -0.249. The number of hydrogen-bond acceptors (Lipinski definition) is 3. The average molecular weight is 286 g/mol. The maximum Gasteiger partial charge on any atom is 0.258 e. The third-order valence-electron chi connectivity index (χ3n) is 3.20. The Hall–Kier alpha value is -2.63. The second-order valence-electron chi connectivity index (χ2n) is 4.66. The van der Waals surface area contributed by atoms with Crippen LogP contribution in [0.5, 0.6) is 0 Å². The highest BCUT2D eigenvalue weighted by atomic mass is 16.2. The Balaban J connectivity index is 2.06. The molecule has 0 aliphatic carbocycles. The molecule has 0 saturated carbocycles. The van der Waals surface area contributed by atoms with E-state index in [2.05, 4.69) is 10.4 Å². The van der Waals surface area contributed by atoms with Gasteiger partial charge < -0.3 is 10.2 Å². The lowest BCUT2D eigenvalue weighted by molar-refractivity contribution is -0.116. The van der Waals surface area contributed by atoms with Crippen molar-refractivity contribution in [1.82, 2.24) is 9.78 Å². The molecule has 1 aromatic heterocycles. The number of nitrogens with one attached hydrogen (secondary N) is 1. The van der Waals surface area contributed by atoms with E-state index < -0.39 is 0 Å². The molecule has 2 aromatic rings. The molecule has 0 saturated heterocycles. The summed E-state index contributed by atoms with van der Waals surface area (Å²) < 4.78 is 1.69. The zero-order valence-electron chi connectivity index (χ0n) is 12.3. The highest BCUT2D eigenvalue weighted by molar-refractivity contribution is 6.04. The number of benzene rings is 1. The smallest absolute Gasteiger partial charge is 0.258 e. The zero-order chi connectivity index (χ0) is 15.4. The largest absolute Gasteiger partial charge is 0.322 e. The molecule has 110 valence electrons. The number of anilines is 2. The number of nitrogens with zero attached hydrogens (tertiary/aromatic N) is 3. The van der Waals surface area contributed by atoms with Crippen molar-refractivity contribution >= 4 is 23.2 Å². The van der Waals surface area contributed by atoms with Gasteiger partial charge >= 0.3 is 0 Å². The Morgan fingerprint density at radius 1 is 1.29 bits per heavy atom. The third kappa shape index (κ3) is 3.47. The van der Waals surface area contributed by atoms with Gasteiger partial charge in [0.15, 0.2) is 0 Å². The minimum atomic E-state index is -0.206. The standard InChI is InChI=1S/C15H18N4O2/c1-4-19-10-12(9-16-19)15(21)17-13-5-7-14(8-6-13)18(3)11(2)20/h5-10H,4H2,1-3H3,(H,17,21). The van der Waals surface area contributed by atoms with Gasteiger partial charge in [0.25, 0.3) is 5.91 Å². The van der Waals surface area contributed by atoms with Gasteiger partial charge in [0.05, 0.1) is 11.8 Å². The van der Waals surface area contributed by atoms with Gasteiger partial charge in [0, 0.05) is 38.1 Å². The first kappa shape index (κ1) is 14.8. The van der Waals surface area contributed by atoms with E-state index in [1.807, 2.05) is 6.92 Å².